The number of nitrogen functional groups attached to an aromatic ring is 1. The molecule has 0 saturated carbocycles. The Hall–Kier alpha value is -1.08. The first-order valence-corrected chi connectivity index (χ1v) is 8.69. The maximum atomic E-state index is 11.9. The zero-order valence-corrected chi connectivity index (χ0v) is 11.1. The Morgan fingerprint density at radius 1 is 1.06 bits per heavy atom. The van der Waals surface area contributed by atoms with Crippen LogP contribution < -0.4 is 5.73 Å². The first-order chi connectivity index (χ1) is 7.72. The van der Waals surface area contributed by atoms with Crippen molar-refractivity contribution in [1.82, 2.24) is 0 Å². The van der Waals surface area contributed by atoms with Gasteiger partial charge in [0.25, 0.3) is 0 Å². The molecule has 0 fully saturated rings. The predicted octanol–water partition coefficient (Wildman–Crippen LogP) is 0.477. The van der Waals surface area contributed by atoms with Crippen molar-refractivity contribution in [2.24, 2.45) is 0 Å². The van der Waals surface area contributed by atoms with Gasteiger partial charge >= 0.3 is 0 Å². The summed E-state index contributed by atoms with van der Waals surface area (Å²) in [7, 11) is -6.64. The molecule has 0 radical (unpaired) electrons. The molecule has 7 heteroatoms. The van der Waals surface area contributed by atoms with Crippen LogP contribution in [0.1, 0.15) is 6.42 Å². The predicted molar refractivity (Wildman–Crippen MR) is 67.2 cm³/mol. The van der Waals surface area contributed by atoms with Crippen LogP contribution in [0.2, 0.25) is 0 Å². The lowest BCUT2D eigenvalue weighted by Crippen LogP contribution is -2.13. The molecule has 1 aromatic rings. The van der Waals surface area contributed by atoms with Crippen molar-refractivity contribution in [3.8, 4) is 0 Å². The van der Waals surface area contributed by atoms with Crippen molar-refractivity contribution < 1.29 is 16.8 Å². The Morgan fingerprint density at radius 2 is 1.65 bits per heavy atom. The second-order valence-corrected chi connectivity index (χ2v) is 8.18. The number of sulfone groups is 2. The SMILES string of the molecule is CS(=O)(=O)CCCS(=O)(=O)c1ccccc1N. The van der Waals surface area contributed by atoms with E-state index in [1.165, 1.54) is 12.1 Å². The molecule has 0 bridgehead atoms. The minimum Gasteiger partial charge on any atom is -0.398 e. The zero-order valence-electron chi connectivity index (χ0n) is 9.46. The van der Waals surface area contributed by atoms with Gasteiger partial charge in [0.15, 0.2) is 9.84 Å². The van der Waals surface area contributed by atoms with E-state index in [0.717, 1.165) is 6.26 Å². The summed E-state index contributed by atoms with van der Waals surface area (Å²) in [5.74, 6) is -0.354. The minimum absolute atomic E-state index is 0.0634. The van der Waals surface area contributed by atoms with Crippen molar-refractivity contribution >= 4 is 25.4 Å². The van der Waals surface area contributed by atoms with Crippen molar-refractivity contribution in [2.45, 2.75) is 11.3 Å². The molecule has 0 spiro atoms. The largest absolute Gasteiger partial charge is 0.398 e. The van der Waals surface area contributed by atoms with Crippen molar-refractivity contribution in [3.63, 3.8) is 0 Å². The second-order valence-electron chi connectivity index (χ2n) is 3.84. The van der Waals surface area contributed by atoms with E-state index in [2.05, 4.69) is 0 Å². The first kappa shape index (κ1) is 14.0. The topological polar surface area (TPSA) is 94.3 Å². The molecule has 0 aromatic heterocycles. The molecule has 2 N–H and O–H groups in total. The number of hydrogen-bond acceptors (Lipinski definition) is 5. The van der Waals surface area contributed by atoms with E-state index in [1.807, 2.05) is 0 Å². The molecular weight excluding hydrogens is 262 g/mol. The number of benzene rings is 1. The van der Waals surface area contributed by atoms with Crippen LogP contribution in [0.5, 0.6) is 0 Å². The monoisotopic (exact) mass is 277 g/mol. The number of para-hydroxylation sites is 1. The van der Waals surface area contributed by atoms with E-state index in [9.17, 15) is 16.8 Å². The van der Waals surface area contributed by atoms with Gasteiger partial charge in [-0.15, -0.1) is 0 Å². The van der Waals surface area contributed by atoms with E-state index in [4.69, 9.17) is 5.73 Å². The van der Waals surface area contributed by atoms with Gasteiger partial charge in [-0.25, -0.2) is 16.8 Å². The molecular formula is C10H15NO4S2. The number of rotatable bonds is 5. The van der Waals surface area contributed by atoms with Crippen molar-refractivity contribution in [1.29, 1.82) is 0 Å². The highest BCUT2D eigenvalue weighted by atomic mass is 32.2. The Morgan fingerprint density at radius 3 is 2.18 bits per heavy atom. The maximum absolute atomic E-state index is 11.9. The van der Waals surface area contributed by atoms with Crippen LogP contribution in [0, 0.1) is 0 Å². The molecule has 0 saturated heterocycles. The lowest BCUT2D eigenvalue weighted by atomic mass is 10.3. The van der Waals surface area contributed by atoms with Gasteiger partial charge < -0.3 is 5.73 Å². The van der Waals surface area contributed by atoms with Crippen LogP contribution in [0.15, 0.2) is 29.2 Å². The van der Waals surface area contributed by atoms with Crippen LogP contribution >= 0.6 is 0 Å². The molecule has 0 heterocycles. The molecule has 1 aromatic carbocycles. The highest BCUT2D eigenvalue weighted by Crippen LogP contribution is 2.19. The van der Waals surface area contributed by atoms with E-state index in [-0.39, 0.29) is 28.5 Å². The van der Waals surface area contributed by atoms with Crippen molar-refractivity contribution in [2.75, 3.05) is 23.5 Å². The summed E-state index contributed by atoms with van der Waals surface area (Å²) in [6.07, 6.45) is 1.16. The summed E-state index contributed by atoms with van der Waals surface area (Å²) in [6, 6.07) is 6.15. The van der Waals surface area contributed by atoms with Crippen molar-refractivity contribution in [3.05, 3.63) is 24.3 Å². The average Bonchev–Trinajstić information content (AvgIpc) is 2.15. The molecule has 96 valence electrons. The molecule has 17 heavy (non-hydrogen) atoms. The smallest absolute Gasteiger partial charge is 0.180 e. The second kappa shape index (κ2) is 5.05. The fourth-order valence-electron chi connectivity index (χ4n) is 1.38. The van der Waals surface area contributed by atoms with Crippen LogP contribution in [-0.4, -0.2) is 34.6 Å². The minimum atomic E-state index is -3.50. The molecule has 0 unspecified atom stereocenters. The van der Waals surface area contributed by atoms with Crippen LogP contribution in [0.4, 0.5) is 5.69 Å². The number of anilines is 1. The normalized spacial score (nSPS) is 12.5. The Labute approximate surface area is 101 Å². The van der Waals surface area contributed by atoms with Gasteiger partial charge in [0.05, 0.1) is 22.1 Å². The van der Waals surface area contributed by atoms with E-state index in [0.29, 0.717) is 0 Å². The lowest BCUT2D eigenvalue weighted by Gasteiger charge is -2.06. The van der Waals surface area contributed by atoms with Crippen LogP contribution in [0.25, 0.3) is 0 Å². The molecule has 0 aliphatic heterocycles. The number of hydrogen-bond donors (Lipinski definition) is 1. The maximum Gasteiger partial charge on any atom is 0.180 e. The fraction of sp³-hybridized carbons (Fsp3) is 0.400. The standard InChI is InChI=1S/C10H15NO4S2/c1-16(12,13)7-4-8-17(14,15)10-6-3-2-5-9(10)11/h2-3,5-6H,4,7-8,11H2,1H3. The van der Waals surface area contributed by atoms with Gasteiger partial charge in [0, 0.05) is 6.26 Å². The molecule has 0 atom stereocenters. The summed E-state index contributed by atoms with van der Waals surface area (Å²) < 4.78 is 45.5. The van der Waals surface area contributed by atoms with Gasteiger partial charge in [-0.3, -0.25) is 0 Å². The Balaban J connectivity index is 2.81. The van der Waals surface area contributed by atoms with Crippen LogP contribution in [-0.2, 0) is 19.7 Å². The summed E-state index contributed by atoms with van der Waals surface area (Å²) >= 11 is 0. The van der Waals surface area contributed by atoms with Gasteiger partial charge in [0.2, 0.25) is 0 Å². The molecule has 1 rings (SSSR count). The summed E-state index contributed by atoms with van der Waals surface area (Å²) in [4.78, 5) is 0.0634. The van der Waals surface area contributed by atoms with Crippen LogP contribution in [0.3, 0.4) is 0 Å². The highest BCUT2D eigenvalue weighted by Gasteiger charge is 2.17. The number of nitrogens with two attached hydrogens (primary N) is 1. The van der Waals surface area contributed by atoms with Gasteiger partial charge in [-0.2, -0.15) is 0 Å². The van der Waals surface area contributed by atoms with Gasteiger partial charge in [-0.05, 0) is 18.6 Å². The third-order valence-corrected chi connectivity index (χ3v) is 5.08. The third kappa shape index (κ3) is 4.35. The van der Waals surface area contributed by atoms with Gasteiger partial charge in [0.1, 0.15) is 9.84 Å². The lowest BCUT2D eigenvalue weighted by molar-refractivity contribution is 0.592. The molecule has 5 nitrogen and oxygen atoms in total. The fourth-order valence-corrected chi connectivity index (χ4v) is 3.69. The Kier molecular flexibility index (Phi) is 4.16. The average molecular weight is 277 g/mol. The quantitative estimate of drug-likeness (QED) is 0.790. The zero-order chi connectivity index (χ0) is 13.1. The molecule has 0 aliphatic rings. The Bertz CT molecular complexity index is 590. The van der Waals surface area contributed by atoms with E-state index in [1.54, 1.807) is 12.1 Å². The van der Waals surface area contributed by atoms with E-state index >= 15 is 0 Å². The summed E-state index contributed by atoms with van der Waals surface area (Å²) in [5, 5.41) is 0. The highest BCUT2D eigenvalue weighted by molar-refractivity contribution is 7.92. The summed E-state index contributed by atoms with van der Waals surface area (Å²) in [5.41, 5.74) is 5.75. The molecule has 0 aliphatic carbocycles. The van der Waals surface area contributed by atoms with Gasteiger partial charge in [-0.1, -0.05) is 12.1 Å². The third-order valence-electron chi connectivity index (χ3n) is 2.18. The first-order valence-electron chi connectivity index (χ1n) is 4.97. The molecule has 0 amide bonds. The summed E-state index contributed by atoms with van der Waals surface area (Å²) in [6.45, 7) is 0. The van der Waals surface area contributed by atoms with E-state index < -0.39 is 19.7 Å².